The molecule has 0 radical (unpaired) electrons. The largest absolute Gasteiger partial charge is 0.377 e. The van der Waals surface area contributed by atoms with E-state index < -0.39 is 0 Å². The molecule has 10 nitrogen and oxygen atoms in total. The fourth-order valence-electron chi connectivity index (χ4n) is 5.26. The van der Waals surface area contributed by atoms with Gasteiger partial charge in [0.05, 0.1) is 125 Å². The van der Waals surface area contributed by atoms with Crippen LogP contribution in [0.2, 0.25) is 0 Å². The van der Waals surface area contributed by atoms with Crippen LogP contribution in [-0.2, 0) is 41.6 Å². The first-order valence-electron chi connectivity index (χ1n) is 17.6. The van der Waals surface area contributed by atoms with Crippen molar-refractivity contribution < 1.29 is 28.4 Å². The number of hydrogen-bond acceptors (Lipinski definition) is 10. The van der Waals surface area contributed by atoms with E-state index in [0.29, 0.717) is 79.3 Å². The Hall–Kier alpha value is -4.94. The van der Waals surface area contributed by atoms with Gasteiger partial charge in [0.25, 0.3) is 0 Å². The van der Waals surface area contributed by atoms with E-state index in [-0.39, 0.29) is 0 Å². The van der Waals surface area contributed by atoms with Crippen LogP contribution in [0.15, 0.2) is 97.1 Å². The van der Waals surface area contributed by atoms with E-state index in [0.717, 1.165) is 56.7 Å². The van der Waals surface area contributed by atoms with E-state index in [1.807, 2.05) is 91.0 Å². The van der Waals surface area contributed by atoms with Gasteiger partial charge in [0.15, 0.2) is 0 Å². The van der Waals surface area contributed by atoms with Gasteiger partial charge in [0.2, 0.25) is 0 Å². The van der Waals surface area contributed by atoms with E-state index in [2.05, 4.69) is 30.4 Å². The van der Waals surface area contributed by atoms with Crippen molar-refractivity contribution >= 4 is 24.3 Å². The summed E-state index contributed by atoms with van der Waals surface area (Å²) in [6.45, 7) is 5.60. The van der Waals surface area contributed by atoms with E-state index >= 15 is 0 Å². The van der Waals surface area contributed by atoms with Gasteiger partial charge in [-0.3, -0.25) is 0 Å². The Morgan fingerprint density at radius 1 is 0.327 bits per heavy atom. The standard InChI is InChI=1S/C42H44N4O6/c1-6-33-16-18-35-8-2-12-39(43-35)41-14-4-10-37(45-41)31-51-28-26-49-24-22-47-20-21-48-23-25-50-27-29-52-32-38-11-5-15-42(46-38)40-13-3-9-36(44-40)19-17-34(7-1)30-33/h1-19,30H,20-29,31-32H2. The number of rotatable bonds is 0. The predicted octanol–water partition coefficient (Wildman–Crippen LogP) is 7.05. The Morgan fingerprint density at radius 3 is 1.10 bits per heavy atom. The number of aromatic nitrogens is 4. The molecule has 0 N–H and O–H groups in total. The molecule has 52 heavy (non-hydrogen) atoms. The van der Waals surface area contributed by atoms with E-state index in [4.69, 9.17) is 48.4 Å². The molecule has 268 valence electrons. The van der Waals surface area contributed by atoms with Gasteiger partial charge in [-0.25, -0.2) is 19.9 Å². The number of pyridine rings is 4. The summed E-state index contributed by atoms with van der Waals surface area (Å²) in [5.74, 6) is 0. The minimum Gasteiger partial charge on any atom is -0.377 e. The third-order valence-electron chi connectivity index (χ3n) is 7.84. The molecule has 0 spiro atoms. The maximum absolute atomic E-state index is 5.80. The second-order valence-electron chi connectivity index (χ2n) is 11.8. The summed E-state index contributed by atoms with van der Waals surface area (Å²) in [5, 5.41) is 0. The van der Waals surface area contributed by atoms with Crippen LogP contribution in [0.3, 0.4) is 0 Å². The molecule has 0 amide bonds. The molecule has 0 aliphatic carbocycles. The molecule has 1 aliphatic heterocycles. The van der Waals surface area contributed by atoms with Crippen LogP contribution in [0, 0.1) is 0 Å². The van der Waals surface area contributed by atoms with Crippen molar-refractivity contribution in [2.45, 2.75) is 13.2 Å². The molecule has 10 bridgehead atoms. The normalized spacial score (nSPS) is 16.1. The van der Waals surface area contributed by atoms with Crippen LogP contribution >= 0.6 is 0 Å². The molecule has 0 atom stereocenters. The highest BCUT2D eigenvalue weighted by Crippen LogP contribution is 2.19. The zero-order valence-electron chi connectivity index (χ0n) is 29.3. The van der Waals surface area contributed by atoms with Crippen molar-refractivity contribution in [3.63, 3.8) is 0 Å². The van der Waals surface area contributed by atoms with Gasteiger partial charge in [-0.15, -0.1) is 0 Å². The summed E-state index contributed by atoms with van der Waals surface area (Å²) in [6.07, 6.45) is 8.15. The minimum absolute atomic E-state index is 0.387. The summed E-state index contributed by atoms with van der Waals surface area (Å²) in [7, 11) is 0. The highest BCUT2D eigenvalue weighted by atomic mass is 16.6. The van der Waals surface area contributed by atoms with E-state index in [9.17, 15) is 0 Å². The second-order valence-corrected chi connectivity index (χ2v) is 11.8. The first-order chi connectivity index (χ1) is 25.8. The summed E-state index contributed by atoms with van der Waals surface area (Å²) in [4.78, 5) is 19.3. The minimum atomic E-state index is 0.387. The van der Waals surface area contributed by atoms with Gasteiger partial charge >= 0.3 is 0 Å². The van der Waals surface area contributed by atoms with Gasteiger partial charge in [-0.05, 0) is 77.9 Å². The predicted molar refractivity (Wildman–Crippen MR) is 202 cm³/mol. The third-order valence-corrected chi connectivity index (χ3v) is 7.84. The monoisotopic (exact) mass is 700 g/mol. The average Bonchev–Trinajstić information content (AvgIpc) is 3.19. The lowest BCUT2D eigenvalue weighted by molar-refractivity contribution is -0.0188. The second kappa shape index (κ2) is 20.8. The highest BCUT2D eigenvalue weighted by Gasteiger charge is 2.06. The van der Waals surface area contributed by atoms with Crippen LogP contribution in [0.5, 0.6) is 0 Å². The summed E-state index contributed by atoms with van der Waals surface area (Å²) < 4.78 is 34.0. The Morgan fingerprint density at radius 2 is 0.673 bits per heavy atom. The Balaban J connectivity index is 1.13. The quantitative estimate of drug-likeness (QED) is 0.167. The molecule has 5 aromatic rings. The lowest BCUT2D eigenvalue weighted by Crippen LogP contribution is -2.14. The molecule has 0 saturated carbocycles. The number of hydrogen-bond donors (Lipinski definition) is 0. The molecule has 0 unspecified atom stereocenters. The molecule has 10 heteroatoms. The highest BCUT2D eigenvalue weighted by molar-refractivity contribution is 5.74. The SMILES string of the molecule is C1=Cc2cccc(n2)-c2cccc(n2)COCCOCCOCCOCCOCCOCc2cccc(n2)-c2cccc(n2)C=Cc2cccc1c2. The van der Waals surface area contributed by atoms with Crippen LogP contribution in [0.4, 0.5) is 0 Å². The zero-order chi connectivity index (χ0) is 35.5. The van der Waals surface area contributed by atoms with E-state index in [1.165, 1.54) is 0 Å². The van der Waals surface area contributed by atoms with Gasteiger partial charge in [-0.1, -0.05) is 54.6 Å². The number of ether oxygens (including phenoxy) is 6. The molecular formula is C42H44N4O6. The van der Waals surface area contributed by atoms with Crippen molar-refractivity contribution in [3.8, 4) is 22.8 Å². The maximum Gasteiger partial charge on any atom is 0.0893 e. The summed E-state index contributed by atoms with van der Waals surface area (Å²) >= 11 is 0. The molecule has 6 rings (SSSR count). The average molecular weight is 701 g/mol. The van der Waals surface area contributed by atoms with E-state index in [1.54, 1.807) is 0 Å². The van der Waals surface area contributed by atoms with Gasteiger partial charge in [0.1, 0.15) is 0 Å². The molecule has 1 aromatic carbocycles. The first-order valence-corrected chi connectivity index (χ1v) is 17.6. The Bertz CT molecular complexity index is 1770. The smallest absolute Gasteiger partial charge is 0.0893 e. The lowest BCUT2D eigenvalue weighted by Gasteiger charge is -2.09. The molecule has 5 heterocycles. The summed E-state index contributed by atoms with van der Waals surface area (Å²) in [5.41, 5.74) is 8.65. The fraction of sp³-hybridized carbons (Fsp3) is 0.286. The van der Waals surface area contributed by atoms with Crippen LogP contribution < -0.4 is 0 Å². The lowest BCUT2D eigenvalue weighted by atomic mass is 10.1. The molecule has 0 saturated heterocycles. The third kappa shape index (κ3) is 12.4. The Labute approximate surface area is 305 Å². The molecular weight excluding hydrogens is 656 g/mol. The fourth-order valence-corrected chi connectivity index (χ4v) is 5.26. The number of fused-ring (bicyclic) bond motifs is 12. The zero-order valence-corrected chi connectivity index (χ0v) is 29.3. The van der Waals surface area contributed by atoms with Crippen molar-refractivity contribution in [1.29, 1.82) is 0 Å². The summed E-state index contributed by atoms with van der Waals surface area (Å²) in [6, 6.07) is 32.0. The van der Waals surface area contributed by atoms with Crippen LogP contribution in [-0.4, -0.2) is 86.0 Å². The molecule has 1 aliphatic rings. The van der Waals surface area contributed by atoms with Gasteiger partial charge in [-0.2, -0.15) is 0 Å². The van der Waals surface area contributed by atoms with Gasteiger partial charge < -0.3 is 28.4 Å². The number of nitrogens with zero attached hydrogens (tertiary/aromatic N) is 4. The van der Waals surface area contributed by atoms with Crippen molar-refractivity contribution in [1.82, 2.24) is 19.9 Å². The van der Waals surface area contributed by atoms with Gasteiger partial charge in [0, 0.05) is 0 Å². The maximum atomic E-state index is 5.80. The Kier molecular flexibility index (Phi) is 14.7. The molecule has 4 aromatic heterocycles. The first kappa shape index (κ1) is 36.8. The van der Waals surface area contributed by atoms with Crippen molar-refractivity contribution in [2.24, 2.45) is 0 Å². The van der Waals surface area contributed by atoms with Crippen LogP contribution in [0.25, 0.3) is 47.1 Å². The van der Waals surface area contributed by atoms with Crippen LogP contribution in [0.1, 0.15) is 33.9 Å². The van der Waals surface area contributed by atoms with Crippen molar-refractivity contribution in [3.05, 3.63) is 131 Å². The number of benzene rings is 1. The topological polar surface area (TPSA) is 107 Å². The van der Waals surface area contributed by atoms with Crippen molar-refractivity contribution in [2.75, 3.05) is 66.1 Å². The molecule has 0 fully saturated rings.